The van der Waals surface area contributed by atoms with Crippen molar-refractivity contribution >= 4 is 5.91 Å². The fraction of sp³-hybridized carbons (Fsp3) is 0.889. The van der Waals surface area contributed by atoms with Gasteiger partial charge in [0.1, 0.15) is 6.23 Å². The molecular formula is C9H18N2O2. The quantitative estimate of drug-likeness (QED) is 0.604. The monoisotopic (exact) mass is 186 g/mol. The molecule has 0 radical (unpaired) electrons. The van der Waals surface area contributed by atoms with Gasteiger partial charge in [0.15, 0.2) is 0 Å². The zero-order valence-corrected chi connectivity index (χ0v) is 8.29. The van der Waals surface area contributed by atoms with E-state index in [2.05, 4.69) is 5.32 Å². The molecule has 0 bridgehead atoms. The number of nitrogens with zero attached hydrogens (tertiary/aromatic N) is 1. The molecule has 0 saturated carbocycles. The van der Waals surface area contributed by atoms with E-state index in [0.717, 1.165) is 13.0 Å². The first-order valence-corrected chi connectivity index (χ1v) is 4.87. The Hall–Kier alpha value is -0.610. The van der Waals surface area contributed by atoms with E-state index < -0.39 is 6.23 Å². The number of rotatable bonds is 4. The Morgan fingerprint density at radius 3 is 2.85 bits per heavy atom. The lowest BCUT2D eigenvalue weighted by Gasteiger charge is -2.28. The van der Waals surface area contributed by atoms with Gasteiger partial charge in [-0.15, -0.1) is 0 Å². The van der Waals surface area contributed by atoms with E-state index in [9.17, 15) is 9.90 Å². The summed E-state index contributed by atoms with van der Waals surface area (Å²) in [6, 6.07) is -0.116. The van der Waals surface area contributed by atoms with Crippen LogP contribution in [0.25, 0.3) is 0 Å². The molecule has 1 amide bonds. The second kappa shape index (κ2) is 4.58. The van der Waals surface area contributed by atoms with Crippen LogP contribution in [0.15, 0.2) is 0 Å². The molecule has 2 atom stereocenters. The van der Waals surface area contributed by atoms with Crippen LogP contribution in [0.5, 0.6) is 0 Å². The van der Waals surface area contributed by atoms with Gasteiger partial charge in [0.05, 0.1) is 6.04 Å². The molecule has 1 heterocycles. The first kappa shape index (κ1) is 10.5. The first-order valence-electron chi connectivity index (χ1n) is 4.87. The van der Waals surface area contributed by atoms with Crippen molar-refractivity contribution < 1.29 is 9.90 Å². The Bertz CT molecular complexity index is 184. The van der Waals surface area contributed by atoms with Crippen LogP contribution in [0.2, 0.25) is 0 Å². The van der Waals surface area contributed by atoms with Gasteiger partial charge in [-0.05, 0) is 19.9 Å². The Kier molecular flexibility index (Phi) is 3.69. The highest BCUT2D eigenvalue weighted by atomic mass is 16.3. The summed E-state index contributed by atoms with van der Waals surface area (Å²) in [7, 11) is 0. The lowest BCUT2D eigenvalue weighted by Crippen LogP contribution is -2.48. The normalized spacial score (nSPS) is 22.1. The molecule has 0 aromatic rings. The minimum Gasteiger partial charge on any atom is -0.376 e. The van der Waals surface area contributed by atoms with E-state index in [1.54, 1.807) is 4.90 Å². The molecule has 4 nitrogen and oxygen atoms in total. The van der Waals surface area contributed by atoms with E-state index in [0.29, 0.717) is 13.0 Å². The number of carbonyl (C=O) groups excluding carboxylic acids is 1. The second-order valence-electron chi connectivity index (χ2n) is 3.43. The number of likely N-dealkylation sites (N-methyl/N-ethyl adjacent to an activating group) is 1. The number of amides is 1. The SMILES string of the molecule is CCNC(O)C(C)N1CCCC1=O. The van der Waals surface area contributed by atoms with Crippen LogP contribution in [0, 0.1) is 0 Å². The van der Waals surface area contributed by atoms with Gasteiger partial charge in [-0.2, -0.15) is 0 Å². The summed E-state index contributed by atoms with van der Waals surface area (Å²) in [6.45, 7) is 5.30. The first-order chi connectivity index (χ1) is 6.16. The largest absolute Gasteiger partial charge is 0.376 e. The second-order valence-corrected chi connectivity index (χ2v) is 3.43. The molecule has 4 heteroatoms. The maximum atomic E-state index is 11.3. The predicted octanol–water partition coefficient (Wildman–Crippen LogP) is -0.0748. The summed E-state index contributed by atoms with van der Waals surface area (Å²) in [6.07, 6.45) is 0.942. The fourth-order valence-corrected chi connectivity index (χ4v) is 1.65. The van der Waals surface area contributed by atoms with Gasteiger partial charge in [0.2, 0.25) is 5.91 Å². The highest BCUT2D eigenvalue weighted by Gasteiger charge is 2.28. The molecule has 76 valence electrons. The van der Waals surface area contributed by atoms with Crippen molar-refractivity contribution in [1.29, 1.82) is 0 Å². The lowest BCUT2D eigenvalue weighted by molar-refractivity contribution is -0.131. The van der Waals surface area contributed by atoms with Crippen LogP contribution in [-0.4, -0.2) is 41.3 Å². The van der Waals surface area contributed by atoms with Crippen molar-refractivity contribution in [3.63, 3.8) is 0 Å². The molecule has 0 aliphatic carbocycles. The molecule has 2 N–H and O–H groups in total. The zero-order valence-electron chi connectivity index (χ0n) is 8.29. The third-order valence-corrected chi connectivity index (χ3v) is 2.47. The van der Waals surface area contributed by atoms with Crippen LogP contribution in [0.3, 0.4) is 0 Å². The minimum atomic E-state index is -0.605. The van der Waals surface area contributed by atoms with Crippen molar-refractivity contribution in [2.45, 2.75) is 39.0 Å². The van der Waals surface area contributed by atoms with Crippen molar-refractivity contribution in [3.8, 4) is 0 Å². The highest BCUT2D eigenvalue weighted by molar-refractivity contribution is 5.78. The molecule has 0 aromatic heterocycles. The number of nitrogens with one attached hydrogen (secondary N) is 1. The number of hydrogen-bond acceptors (Lipinski definition) is 3. The summed E-state index contributed by atoms with van der Waals surface area (Å²) in [4.78, 5) is 13.1. The topological polar surface area (TPSA) is 52.6 Å². The van der Waals surface area contributed by atoms with Crippen molar-refractivity contribution in [3.05, 3.63) is 0 Å². The van der Waals surface area contributed by atoms with Gasteiger partial charge < -0.3 is 10.0 Å². The third kappa shape index (κ3) is 2.42. The molecule has 0 spiro atoms. The van der Waals surface area contributed by atoms with Gasteiger partial charge in [-0.3, -0.25) is 10.1 Å². The van der Waals surface area contributed by atoms with E-state index in [1.807, 2.05) is 13.8 Å². The molecule has 1 rings (SSSR count). The van der Waals surface area contributed by atoms with E-state index in [1.165, 1.54) is 0 Å². The van der Waals surface area contributed by atoms with Crippen molar-refractivity contribution in [2.75, 3.05) is 13.1 Å². The summed E-state index contributed by atoms with van der Waals surface area (Å²) >= 11 is 0. The summed E-state index contributed by atoms with van der Waals surface area (Å²) in [5, 5.41) is 12.5. The maximum absolute atomic E-state index is 11.3. The van der Waals surface area contributed by atoms with Crippen LogP contribution >= 0.6 is 0 Å². The van der Waals surface area contributed by atoms with Gasteiger partial charge in [-0.1, -0.05) is 6.92 Å². The van der Waals surface area contributed by atoms with Crippen LogP contribution in [0.1, 0.15) is 26.7 Å². The Labute approximate surface area is 78.9 Å². The van der Waals surface area contributed by atoms with Crippen molar-refractivity contribution in [2.24, 2.45) is 0 Å². The average Bonchev–Trinajstić information content (AvgIpc) is 2.50. The number of hydrogen-bond donors (Lipinski definition) is 2. The van der Waals surface area contributed by atoms with Crippen LogP contribution in [-0.2, 0) is 4.79 Å². The zero-order chi connectivity index (χ0) is 9.84. The minimum absolute atomic E-state index is 0.116. The van der Waals surface area contributed by atoms with Crippen LogP contribution < -0.4 is 5.32 Å². The number of aliphatic hydroxyl groups is 1. The Morgan fingerprint density at radius 1 is 1.69 bits per heavy atom. The average molecular weight is 186 g/mol. The number of likely N-dealkylation sites (tertiary alicyclic amines) is 1. The van der Waals surface area contributed by atoms with E-state index in [4.69, 9.17) is 0 Å². The van der Waals surface area contributed by atoms with Gasteiger partial charge in [-0.25, -0.2) is 0 Å². The number of aliphatic hydroxyl groups excluding tert-OH is 1. The standard InChI is InChI=1S/C9H18N2O2/c1-3-10-9(13)7(2)11-6-4-5-8(11)12/h7,9-10,13H,3-6H2,1-2H3. The summed E-state index contributed by atoms with van der Waals surface area (Å²) < 4.78 is 0. The predicted molar refractivity (Wildman–Crippen MR) is 50.1 cm³/mol. The molecule has 2 unspecified atom stereocenters. The van der Waals surface area contributed by atoms with E-state index in [-0.39, 0.29) is 11.9 Å². The molecule has 0 aromatic carbocycles. The van der Waals surface area contributed by atoms with Gasteiger partial charge in [0.25, 0.3) is 0 Å². The Balaban J connectivity index is 2.45. The molecule has 13 heavy (non-hydrogen) atoms. The molecular weight excluding hydrogens is 168 g/mol. The highest BCUT2D eigenvalue weighted by Crippen LogP contribution is 2.14. The van der Waals surface area contributed by atoms with Gasteiger partial charge >= 0.3 is 0 Å². The summed E-state index contributed by atoms with van der Waals surface area (Å²) in [5.41, 5.74) is 0. The molecule has 1 aliphatic heterocycles. The molecule has 1 aliphatic rings. The lowest BCUT2D eigenvalue weighted by atomic mass is 10.2. The smallest absolute Gasteiger partial charge is 0.223 e. The Morgan fingerprint density at radius 2 is 2.38 bits per heavy atom. The van der Waals surface area contributed by atoms with Crippen molar-refractivity contribution in [1.82, 2.24) is 10.2 Å². The number of carbonyl (C=O) groups is 1. The molecule has 1 fully saturated rings. The third-order valence-electron chi connectivity index (χ3n) is 2.47. The fourth-order valence-electron chi connectivity index (χ4n) is 1.65. The van der Waals surface area contributed by atoms with Gasteiger partial charge in [0, 0.05) is 13.0 Å². The molecule has 1 saturated heterocycles. The van der Waals surface area contributed by atoms with E-state index >= 15 is 0 Å². The summed E-state index contributed by atoms with van der Waals surface area (Å²) in [5.74, 6) is 0.157. The maximum Gasteiger partial charge on any atom is 0.223 e. The van der Waals surface area contributed by atoms with Crippen LogP contribution in [0.4, 0.5) is 0 Å².